The highest BCUT2D eigenvalue weighted by atomic mass is 28.4. The molecule has 1 aliphatic rings. The zero-order chi connectivity index (χ0) is 20.2. The maximum Gasteiger partial charge on any atom is 0.224 e. The number of rotatable bonds is 7. The first-order chi connectivity index (χ1) is 11.7. The summed E-state index contributed by atoms with van der Waals surface area (Å²) in [6, 6.07) is 0.980. The van der Waals surface area contributed by atoms with Gasteiger partial charge in [-0.15, -0.1) is 5.92 Å². The van der Waals surface area contributed by atoms with Gasteiger partial charge in [-0.25, -0.2) is 0 Å². The molecule has 4 nitrogen and oxygen atoms in total. The third-order valence-corrected chi connectivity index (χ3v) is 11.0. The monoisotopic (exact) mass is 397 g/mol. The fourth-order valence-corrected chi connectivity index (χ4v) is 4.44. The smallest absolute Gasteiger partial charge is 0.224 e. The maximum atomic E-state index is 11.8. The molecule has 0 aromatic carbocycles. The molecule has 0 aliphatic carbocycles. The van der Waals surface area contributed by atoms with Gasteiger partial charge in [-0.1, -0.05) is 46.3 Å². The molecule has 1 heterocycles. The number of hydrogen-bond acceptors (Lipinski definition) is 3. The largest absolute Gasteiger partial charge is 0.403 e. The van der Waals surface area contributed by atoms with E-state index in [2.05, 4.69) is 65.3 Å². The van der Waals surface area contributed by atoms with Crippen LogP contribution in [0.25, 0.3) is 0 Å². The number of carbonyl (C=O) groups is 1. The minimum atomic E-state index is -1.89. The Labute approximate surface area is 162 Å². The minimum Gasteiger partial charge on any atom is -0.403 e. The second-order valence-corrected chi connectivity index (χ2v) is 20.4. The van der Waals surface area contributed by atoms with Crippen molar-refractivity contribution in [1.29, 1.82) is 0 Å². The number of aliphatic hydroxyl groups excluding tert-OH is 1. The fourth-order valence-electron chi connectivity index (χ4n) is 2.56. The highest BCUT2D eigenvalue weighted by Gasteiger charge is 2.39. The lowest BCUT2D eigenvalue weighted by molar-refractivity contribution is -0.133. The molecular weight excluding hydrogens is 358 g/mol. The Hall–Kier alpha value is -0.616. The molecule has 0 bridgehead atoms. The van der Waals surface area contributed by atoms with E-state index in [0.29, 0.717) is 19.4 Å². The third-order valence-electron chi connectivity index (χ3n) is 5.29. The molecule has 1 rings (SSSR count). The molecule has 2 atom stereocenters. The van der Waals surface area contributed by atoms with E-state index in [1.165, 1.54) is 0 Å². The summed E-state index contributed by atoms with van der Waals surface area (Å²) in [5.74, 6) is 6.82. The van der Waals surface area contributed by atoms with Crippen molar-refractivity contribution in [2.45, 2.75) is 103 Å². The Balaban J connectivity index is 2.72. The van der Waals surface area contributed by atoms with Crippen molar-refractivity contribution in [3.05, 3.63) is 0 Å². The molecule has 1 N–H and O–H groups in total. The van der Waals surface area contributed by atoms with Gasteiger partial charge in [0.1, 0.15) is 12.3 Å². The normalized spacial score (nSPS) is 20.1. The van der Waals surface area contributed by atoms with Crippen LogP contribution in [0.3, 0.4) is 0 Å². The molecule has 1 unspecified atom stereocenters. The maximum absolute atomic E-state index is 11.8. The molecule has 1 fully saturated rings. The van der Waals surface area contributed by atoms with Crippen molar-refractivity contribution in [2.24, 2.45) is 0 Å². The van der Waals surface area contributed by atoms with E-state index in [1.807, 2.05) is 0 Å². The number of nitrogens with zero attached hydrogens (tertiary/aromatic N) is 1. The van der Waals surface area contributed by atoms with Crippen molar-refractivity contribution in [2.75, 3.05) is 6.54 Å². The van der Waals surface area contributed by atoms with E-state index in [-0.39, 0.29) is 17.0 Å². The molecule has 26 heavy (non-hydrogen) atoms. The van der Waals surface area contributed by atoms with Gasteiger partial charge in [0.15, 0.2) is 8.32 Å². The van der Waals surface area contributed by atoms with Crippen molar-refractivity contribution >= 4 is 22.3 Å². The molecule has 150 valence electrons. The summed E-state index contributed by atoms with van der Waals surface area (Å²) in [7, 11) is -3.09. The van der Waals surface area contributed by atoms with E-state index in [0.717, 1.165) is 18.9 Å². The topological polar surface area (TPSA) is 49.8 Å². The van der Waals surface area contributed by atoms with Gasteiger partial charge in [0, 0.05) is 25.4 Å². The molecule has 0 aromatic rings. The molecule has 1 amide bonds. The molecule has 0 spiro atoms. The molecule has 1 aliphatic heterocycles. The SMILES string of the molecule is CC(C)(C)[Si](C)(C)O[C@H](C#CC[Si](C)(C)C)CCCN1C(=O)CCC1O. The van der Waals surface area contributed by atoms with Gasteiger partial charge >= 0.3 is 0 Å². The Morgan fingerprint density at radius 1 is 1.27 bits per heavy atom. The second kappa shape index (κ2) is 9.05. The van der Waals surface area contributed by atoms with Crippen LogP contribution in [-0.4, -0.2) is 51.2 Å². The van der Waals surface area contributed by atoms with Crippen molar-refractivity contribution < 1.29 is 14.3 Å². The molecule has 0 radical (unpaired) electrons. The zero-order valence-corrected chi connectivity index (χ0v) is 20.1. The predicted octanol–water partition coefficient (Wildman–Crippen LogP) is 4.44. The highest BCUT2D eigenvalue weighted by Crippen LogP contribution is 2.37. The summed E-state index contributed by atoms with van der Waals surface area (Å²) in [4.78, 5) is 13.4. The van der Waals surface area contributed by atoms with Gasteiger partial charge < -0.3 is 14.4 Å². The lowest BCUT2D eigenvalue weighted by Gasteiger charge is -2.38. The zero-order valence-electron chi connectivity index (χ0n) is 18.1. The van der Waals surface area contributed by atoms with Gasteiger partial charge in [-0.2, -0.15) is 0 Å². The van der Waals surface area contributed by atoms with Gasteiger partial charge in [-0.3, -0.25) is 4.79 Å². The lowest BCUT2D eigenvalue weighted by Crippen LogP contribution is -2.44. The van der Waals surface area contributed by atoms with Crippen LogP contribution in [0, 0.1) is 11.8 Å². The van der Waals surface area contributed by atoms with Crippen LogP contribution < -0.4 is 0 Å². The first-order valence-corrected chi connectivity index (χ1v) is 16.5. The standard InChI is InChI=1S/C20H39NO3Si2/c1-20(2,3)26(7,8)24-17(12-10-16-25(4,5)6)11-9-15-21-18(22)13-14-19(21)23/h17-18,22H,9,11,13-16H2,1-8H3/t17-,18?/m0/s1. The summed E-state index contributed by atoms with van der Waals surface area (Å²) in [5, 5.41) is 10.1. The lowest BCUT2D eigenvalue weighted by atomic mass is 10.2. The van der Waals surface area contributed by atoms with Gasteiger partial charge in [0.25, 0.3) is 0 Å². The van der Waals surface area contributed by atoms with Crippen LogP contribution in [0.2, 0.25) is 43.8 Å². The van der Waals surface area contributed by atoms with Crippen molar-refractivity contribution in [3.63, 3.8) is 0 Å². The van der Waals surface area contributed by atoms with E-state index in [4.69, 9.17) is 4.43 Å². The average Bonchev–Trinajstić information content (AvgIpc) is 2.75. The molecule has 6 heteroatoms. The van der Waals surface area contributed by atoms with Crippen LogP contribution in [-0.2, 0) is 9.22 Å². The van der Waals surface area contributed by atoms with E-state index in [9.17, 15) is 9.90 Å². The van der Waals surface area contributed by atoms with Gasteiger partial charge in [0.2, 0.25) is 5.91 Å². The quantitative estimate of drug-likeness (QED) is 0.510. The number of carbonyl (C=O) groups excluding carboxylic acids is 1. The molecular formula is C20H39NO3Si2. The van der Waals surface area contributed by atoms with E-state index < -0.39 is 22.6 Å². The molecule has 1 saturated heterocycles. The Morgan fingerprint density at radius 2 is 1.88 bits per heavy atom. The van der Waals surface area contributed by atoms with Crippen LogP contribution >= 0.6 is 0 Å². The third kappa shape index (κ3) is 7.55. The Morgan fingerprint density at radius 3 is 2.35 bits per heavy atom. The van der Waals surface area contributed by atoms with Crippen molar-refractivity contribution in [3.8, 4) is 11.8 Å². The number of hydrogen-bond donors (Lipinski definition) is 1. The van der Waals surface area contributed by atoms with Gasteiger partial charge in [0.05, 0.1) is 8.07 Å². The average molecular weight is 398 g/mol. The summed E-state index contributed by atoms with van der Waals surface area (Å²) >= 11 is 0. The van der Waals surface area contributed by atoms with Crippen LogP contribution in [0.15, 0.2) is 0 Å². The first kappa shape index (κ1) is 23.4. The second-order valence-electron chi connectivity index (χ2n) is 10.2. The van der Waals surface area contributed by atoms with E-state index in [1.54, 1.807) is 4.90 Å². The minimum absolute atomic E-state index is 0.0594. The highest BCUT2D eigenvalue weighted by molar-refractivity contribution is 6.76. The Kier molecular flexibility index (Phi) is 8.15. The van der Waals surface area contributed by atoms with E-state index >= 15 is 0 Å². The Bertz CT molecular complexity index is 538. The summed E-state index contributed by atoms with van der Waals surface area (Å²) in [6.45, 7) is 18.8. The summed E-state index contributed by atoms with van der Waals surface area (Å²) in [5.41, 5.74) is 0. The van der Waals surface area contributed by atoms with Crippen LogP contribution in [0.5, 0.6) is 0 Å². The fraction of sp³-hybridized carbons (Fsp3) is 0.850. The summed E-state index contributed by atoms with van der Waals surface area (Å²) < 4.78 is 6.55. The molecule has 0 saturated carbocycles. The number of aliphatic hydroxyl groups is 1. The van der Waals surface area contributed by atoms with Crippen molar-refractivity contribution in [1.82, 2.24) is 4.90 Å². The molecule has 0 aromatic heterocycles. The number of likely N-dealkylation sites (tertiary alicyclic amines) is 1. The predicted molar refractivity (Wildman–Crippen MR) is 114 cm³/mol. The van der Waals surface area contributed by atoms with Crippen LogP contribution in [0.4, 0.5) is 0 Å². The first-order valence-electron chi connectivity index (χ1n) is 9.87. The summed E-state index contributed by atoms with van der Waals surface area (Å²) in [6.07, 6.45) is 1.94. The van der Waals surface area contributed by atoms with Gasteiger partial charge in [-0.05, 0) is 31.0 Å². The van der Waals surface area contributed by atoms with Crippen LogP contribution in [0.1, 0.15) is 46.5 Å². The number of amides is 1.